The molecule has 2 N–H and O–H groups in total. The number of halogens is 1. The van der Waals surface area contributed by atoms with E-state index in [4.69, 9.17) is 11.6 Å². The van der Waals surface area contributed by atoms with Gasteiger partial charge in [-0.2, -0.15) is 0 Å². The number of likely N-dealkylation sites (tertiary alicyclic amines) is 1. The lowest BCUT2D eigenvalue weighted by atomic mass is 9.83. The maximum absolute atomic E-state index is 12.4. The summed E-state index contributed by atoms with van der Waals surface area (Å²) >= 11 is 5.81. The molecule has 1 saturated heterocycles. The predicted octanol–water partition coefficient (Wildman–Crippen LogP) is 2.76. The van der Waals surface area contributed by atoms with Crippen LogP contribution in [0.4, 0.5) is 0 Å². The molecule has 21 heavy (non-hydrogen) atoms. The molecule has 0 radical (unpaired) electrons. The lowest BCUT2D eigenvalue weighted by Gasteiger charge is -2.24. The van der Waals surface area contributed by atoms with Crippen molar-refractivity contribution in [1.29, 1.82) is 0 Å². The summed E-state index contributed by atoms with van der Waals surface area (Å²) in [5.41, 5.74) is -0.485. The second-order valence-corrected chi connectivity index (χ2v) is 5.89. The molecule has 6 heteroatoms. The number of carboxylic acid groups (broad SMARTS) is 1. The molecular formula is C15H18ClNO4. The van der Waals surface area contributed by atoms with E-state index in [1.54, 1.807) is 4.90 Å². The minimum absolute atomic E-state index is 0.0829. The van der Waals surface area contributed by atoms with Gasteiger partial charge in [0.05, 0.1) is 10.4 Å². The van der Waals surface area contributed by atoms with E-state index in [0.29, 0.717) is 24.9 Å². The number of phenolic OH excluding ortho intramolecular Hbond substituents is 1. The first-order valence-electron chi connectivity index (χ1n) is 6.91. The lowest BCUT2D eigenvalue weighted by Crippen LogP contribution is -2.36. The largest absolute Gasteiger partial charge is 0.506 e. The van der Waals surface area contributed by atoms with E-state index in [2.05, 4.69) is 0 Å². The number of rotatable bonds is 4. The van der Waals surface area contributed by atoms with Crippen LogP contribution in [0.15, 0.2) is 18.2 Å². The molecule has 0 aliphatic carbocycles. The number of benzene rings is 1. The summed E-state index contributed by atoms with van der Waals surface area (Å²) in [6.07, 6.45) is 1.79. The molecule has 0 spiro atoms. The average Bonchev–Trinajstić information content (AvgIpc) is 2.87. The summed E-state index contributed by atoms with van der Waals surface area (Å²) in [6.45, 7) is 2.58. The fourth-order valence-corrected chi connectivity index (χ4v) is 3.01. The Hall–Kier alpha value is -1.75. The summed E-state index contributed by atoms with van der Waals surface area (Å²) in [6, 6.07) is 4.26. The van der Waals surface area contributed by atoms with Gasteiger partial charge in [-0.3, -0.25) is 9.59 Å². The fourth-order valence-electron chi connectivity index (χ4n) is 2.83. The number of amides is 1. The molecule has 1 aromatic rings. The van der Waals surface area contributed by atoms with E-state index >= 15 is 0 Å². The van der Waals surface area contributed by atoms with Crippen molar-refractivity contribution in [2.75, 3.05) is 13.1 Å². The third kappa shape index (κ3) is 2.97. The first kappa shape index (κ1) is 15.6. The topological polar surface area (TPSA) is 77.8 Å². The molecule has 1 fully saturated rings. The van der Waals surface area contributed by atoms with Gasteiger partial charge in [-0.1, -0.05) is 24.9 Å². The minimum Gasteiger partial charge on any atom is -0.506 e. The zero-order valence-corrected chi connectivity index (χ0v) is 12.6. The molecule has 2 rings (SSSR count). The Morgan fingerprint density at radius 1 is 1.43 bits per heavy atom. The maximum Gasteiger partial charge on any atom is 0.311 e. The predicted molar refractivity (Wildman–Crippen MR) is 78.6 cm³/mol. The number of hydrogen-bond donors (Lipinski definition) is 2. The number of carbonyl (C=O) groups is 2. The summed E-state index contributed by atoms with van der Waals surface area (Å²) in [5, 5.41) is 18.9. The van der Waals surface area contributed by atoms with Crippen molar-refractivity contribution in [2.45, 2.75) is 26.2 Å². The molecule has 1 aliphatic rings. The van der Waals surface area contributed by atoms with Gasteiger partial charge in [-0.05, 0) is 31.0 Å². The Kier molecular flexibility index (Phi) is 4.42. The highest BCUT2D eigenvalue weighted by Gasteiger charge is 2.45. The van der Waals surface area contributed by atoms with E-state index in [0.717, 1.165) is 6.42 Å². The van der Waals surface area contributed by atoms with Crippen LogP contribution in [0.1, 0.15) is 36.5 Å². The van der Waals surface area contributed by atoms with Gasteiger partial charge in [0.2, 0.25) is 0 Å². The van der Waals surface area contributed by atoms with Crippen molar-refractivity contribution >= 4 is 23.5 Å². The lowest BCUT2D eigenvalue weighted by molar-refractivity contribution is -0.148. The third-order valence-corrected chi connectivity index (χ3v) is 4.32. The Balaban J connectivity index is 2.18. The van der Waals surface area contributed by atoms with Crippen molar-refractivity contribution in [3.8, 4) is 5.75 Å². The van der Waals surface area contributed by atoms with E-state index < -0.39 is 11.4 Å². The molecule has 114 valence electrons. The van der Waals surface area contributed by atoms with Gasteiger partial charge >= 0.3 is 5.97 Å². The van der Waals surface area contributed by atoms with Crippen LogP contribution < -0.4 is 0 Å². The quantitative estimate of drug-likeness (QED) is 0.896. The van der Waals surface area contributed by atoms with E-state index in [1.165, 1.54) is 18.2 Å². The number of aliphatic carboxylic acids is 1. The van der Waals surface area contributed by atoms with Crippen LogP contribution in [0.3, 0.4) is 0 Å². The van der Waals surface area contributed by atoms with Gasteiger partial charge in [0.25, 0.3) is 5.91 Å². The number of phenols is 1. The Bertz CT molecular complexity index is 575. The number of nitrogens with zero attached hydrogens (tertiary/aromatic N) is 1. The third-order valence-electron chi connectivity index (χ3n) is 4.02. The monoisotopic (exact) mass is 311 g/mol. The highest BCUT2D eigenvalue weighted by atomic mass is 35.5. The van der Waals surface area contributed by atoms with Crippen LogP contribution in [0, 0.1) is 5.41 Å². The van der Waals surface area contributed by atoms with Crippen molar-refractivity contribution in [3.63, 3.8) is 0 Å². The van der Waals surface area contributed by atoms with Crippen LogP contribution in [0.2, 0.25) is 5.02 Å². The highest BCUT2D eigenvalue weighted by molar-refractivity contribution is 6.32. The van der Waals surface area contributed by atoms with Crippen LogP contribution in [-0.2, 0) is 4.79 Å². The van der Waals surface area contributed by atoms with Gasteiger partial charge < -0.3 is 15.1 Å². The van der Waals surface area contributed by atoms with Crippen molar-refractivity contribution < 1.29 is 19.8 Å². The zero-order chi connectivity index (χ0) is 15.6. The standard InChI is InChI=1S/C15H18ClNO4/c1-2-5-15(14(20)21)6-7-17(9-15)13(19)10-3-4-12(18)11(16)8-10/h3-4,8,18H,2,5-7,9H2,1H3,(H,20,21). The summed E-state index contributed by atoms with van der Waals surface area (Å²) < 4.78 is 0. The number of carbonyl (C=O) groups excluding carboxylic acids is 1. The van der Waals surface area contributed by atoms with Crippen LogP contribution >= 0.6 is 11.6 Å². The SMILES string of the molecule is CCCC1(C(=O)O)CCN(C(=O)c2ccc(O)c(Cl)c2)C1. The average molecular weight is 312 g/mol. The molecule has 1 atom stereocenters. The van der Waals surface area contributed by atoms with Gasteiger partial charge in [0.1, 0.15) is 5.75 Å². The van der Waals surface area contributed by atoms with Crippen LogP contribution in [0.25, 0.3) is 0 Å². The van der Waals surface area contributed by atoms with E-state index in [1.807, 2.05) is 6.92 Å². The molecular weight excluding hydrogens is 294 g/mol. The summed E-state index contributed by atoms with van der Waals surface area (Å²) in [5.74, 6) is -1.18. The second kappa shape index (κ2) is 5.93. The molecule has 1 heterocycles. The molecule has 1 amide bonds. The molecule has 0 bridgehead atoms. The van der Waals surface area contributed by atoms with Gasteiger partial charge in [0, 0.05) is 18.7 Å². The highest BCUT2D eigenvalue weighted by Crippen LogP contribution is 2.36. The first-order chi connectivity index (χ1) is 9.89. The molecule has 0 saturated carbocycles. The summed E-state index contributed by atoms with van der Waals surface area (Å²) in [7, 11) is 0. The van der Waals surface area contributed by atoms with Gasteiger partial charge in [-0.15, -0.1) is 0 Å². The Labute approximate surface area is 128 Å². The second-order valence-electron chi connectivity index (χ2n) is 5.48. The van der Waals surface area contributed by atoms with Gasteiger partial charge in [-0.25, -0.2) is 0 Å². The Morgan fingerprint density at radius 2 is 2.14 bits per heavy atom. The minimum atomic E-state index is -0.844. The normalized spacial score (nSPS) is 21.5. The Morgan fingerprint density at radius 3 is 2.71 bits per heavy atom. The molecule has 1 aromatic carbocycles. The summed E-state index contributed by atoms with van der Waals surface area (Å²) in [4.78, 5) is 25.5. The van der Waals surface area contributed by atoms with Crippen LogP contribution in [-0.4, -0.2) is 40.1 Å². The zero-order valence-electron chi connectivity index (χ0n) is 11.8. The van der Waals surface area contributed by atoms with Gasteiger partial charge in [0.15, 0.2) is 0 Å². The van der Waals surface area contributed by atoms with Crippen molar-refractivity contribution in [3.05, 3.63) is 28.8 Å². The molecule has 1 unspecified atom stereocenters. The number of aromatic hydroxyl groups is 1. The molecule has 5 nitrogen and oxygen atoms in total. The fraction of sp³-hybridized carbons (Fsp3) is 0.467. The first-order valence-corrected chi connectivity index (χ1v) is 7.28. The van der Waals surface area contributed by atoms with Crippen molar-refractivity contribution in [2.24, 2.45) is 5.41 Å². The maximum atomic E-state index is 12.4. The molecule has 0 aromatic heterocycles. The van der Waals surface area contributed by atoms with Crippen molar-refractivity contribution in [1.82, 2.24) is 4.90 Å². The smallest absolute Gasteiger partial charge is 0.311 e. The van der Waals surface area contributed by atoms with E-state index in [9.17, 15) is 19.8 Å². The van der Waals surface area contributed by atoms with Crippen LogP contribution in [0.5, 0.6) is 5.75 Å². The molecule has 1 aliphatic heterocycles. The number of hydrogen-bond acceptors (Lipinski definition) is 3. The number of carboxylic acids is 1. The van der Waals surface area contributed by atoms with E-state index in [-0.39, 0.29) is 23.2 Å².